The van der Waals surface area contributed by atoms with E-state index in [4.69, 9.17) is 4.84 Å². The smallest absolute Gasteiger partial charge is 0.0939 e. The molecular formula is C21H22ClN3O. The van der Waals surface area contributed by atoms with Gasteiger partial charge in [0, 0.05) is 21.7 Å². The van der Waals surface area contributed by atoms with E-state index in [0.29, 0.717) is 6.61 Å². The summed E-state index contributed by atoms with van der Waals surface area (Å²) in [6.07, 6.45) is 2.12. The fourth-order valence-corrected chi connectivity index (χ4v) is 3.19. The Morgan fingerprint density at radius 1 is 1.12 bits per heavy atom. The molecule has 0 bridgehead atoms. The van der Waals surface area contributed by atoms with Crippen LogP contribution in [-0.2, 0) is 4.84 Å². The van der Waals surface area contributed by atoms with Crippen LogP contribution in [0.3, 0.4) is 0 Å². The summed E-state index contributed by atoms with van der Waals surface area (Å²) in [6, 6.07) is 16.3. The van der Waals surface area contributed by atoms with E-state index in [1.54, 1.807) is 0 Å². The zero-order valence-corrected chi connectivity index (χ0v) is 15.5. The number of nitrogens with one attached hydrogen (secondary N) is 2. The lowest BCUT2D eigenvalue weighted by Crippen LogP contribution is -2.22. The normalized spacial score (nSPS) is 12.7. The Labute approximate surface area is 158 Å². The summed E-state index contributed by atoms with van der Waals surface area (Å²) in [7, 11) is 0. The van der Waals surface area contributed by atoms with Crippen molar-refractivity contribution in [2.75, 3.05) is 12.1 Å². The molecule has 3 aromatic rings. The number of nitrogens with zero attached hydrogens (tertiary/aromatic N) is 1. The molecule has 1 aliphatic rings. The molecule has 0 aliphatic carbocycles. The summed E-state index contributed by atoms with van der Waals surface area (Å²) in [6.45, 7) is 6.98. The number of aromatic amines is 1. The number of halogens is 1. The van der Waals surface area contributed by atoms with Gasteiger partial charge in [0.1, 0.15) is 0 Å². The lowest BCUT2D eigenvalue weighted by Gasteiger charge is -2.10. The van der Waals surface area contributed by atoms with Crippen LogP contribution in [0.5, 0.6) is 0 Å². The number of aromatic nitrogens is 1. The Hall–Kier alpha value is -2.56. The summed E-state index contributed by atoms with van der Waals surface area (Å²) in [4.78, 5) is 13.8. The van der Waals surface area contributed by atoms with Gasteiger partial charge in [0.25, 0.3) is 0 Å². The van der Waals surface area contributed by atoms with Crippen LogP contribution in [0.15, 0.2) is 65.8 Å². The Morgan fingerprint density at radius 3 is 2.73 bits per heavy atom. The predicted molar refractivity (Wildman–Crippen MR) is 109 cm³/mol. The van der Waals surface area contributed by atoms with Gasteiger partial charge in [-0.05, 0) is 18.6 Å². The average molecular weight is 368 g/mol. The first kappa shape index (κ1) is 18.2. The number of para-hydroxylation sites is 2. The summed E-state index contributed by atoms with van der Waals surface area (Å²) >= 11 is 0. The minimum absolute atomic E-state index is 0. The SMILES string of the molecule is C=C1N=c2ccccc2=C1c1[nH]c2ccccc2c1NOCCCC.Cl. The highest BCUT2D eigenvalue weighted by Crippen LogP contribution is 2.34. The quantitative estimate of drug-likeness (QED) is 0.509. The monoisotopic (exact) mass is 367 g/mol. The van der Waals surface area contributed by atoms with Gasteiger partial charge in [0.05, 0.1) is 29.0 Å². The van der Waals surface area contributed by atoms with Gasteiger partial charge < -0.3 is 4.98 Å². The first-order valence-electron chi connectivity index (χ1n) is 8.66. The summed E-state index contributed by atoms with van der Waals surface area (Å²) in [5.74, 6) is 0. The Bertz CT molecular complexity index is 1070. The van der Waals surface area contributed by atoms with Crippen molar-refractivity contribution in [3.63, 3.8) is 0 Å². The van der Waals surface area contributed by atoms with Crippen LogP contribution < -0.4 is 16.1 Å². The highest BCUT2D eigenvalue weighted by Gasteiger charge is 2.20. The van der Waals surface area contributed by atoms with Crippen molar-refractivity contribution >= 4 is 34.6 Å². The second-order valence-electron chi connectivity index (χ2n) is 6.18. The number of H-pyrrole nitrogens is 1. The van der Waals surface area contributed by atoms with Gasteiger partial charge >= 0.3 is 0 Å². The van der Waals surface area contributed by atoms with Crippen molar-refractivity contribution in [2.45, 2.75) is 19.8 Å². The van der Waals surface area contributed by atoms with Crippen molar-refractivity contribution in [2.24, 2.45) is 4.99 Å². The van der Waals surface area contributed by atoms with Gasteiger partial charge in [-0.1, -0.05) is 56.3 Å². The Kier molecular flexibility index (Phi) is 5.45. The molecule has 1 aliphatic heterocycles. The van der Waals surface area contributed by atoms with Gasteiger partial charge in [-0.2, -0.15) is 0 Å². The Balaban J connectivity index is 0.00000196. The van der Waals surface area contributed by atoms with Crippen LogP contribution in [0.25, 0.3) is 16.5 Å². The maximum Gasteiger partial charge on any atom is 0.0939 e. The molecular weight excluding hydrogens is 346 g/mol. The van der Waals surface area contributed by atoms with Crippen LogP contribution in [0.1, 0.15) is 25.5 Å². The van der Waals surface area contributed by atoms with E-state index in [1.807, 2.05) is 30.3 Å². The van der Waals surface area contributed by atoms with Gasteiger partial charge in [0.2, 0.25) is 0 Å². The molecule has 0 fully saturated rings. The van der Waals surface area contributed by atoms with Crippen molar-refractivity contribution in [3.8, 4) is 0 Å². The van der Waals surface area contributed by atoms with Crippen LogP contribution in [0.4, 0.5) is 5.69 Å². The maximum atomic E-state index is 5.71. The topological polar surface area (TPSA) is 49.4 Å². The summed E-state index contributed by atoms with van der Waals surface area (Å²) < 4.78 is 0. The van der Waals surface area contributed by atoms with Crippen molar-refractivity contribution in [1.82, 2.24) is 4.98 Å². The van der Waals surface area contributed by atoms with Gasteiger partial charge in [-0.25, -0.2) is 4.99 Å². The Morgan fingerprint density at radius 2 is 1.88 bits per heavy atom. The molecule has 134 valence electrons. The van der Waals surface area contributed by atoms with E-state index in [1.165, 1.54) is 0 Å². The average Bonchev–Trinajstić information content (AvgIpc) is 3.15. The third-order valence-electron chi connectivity index (χ3n) is 4.45. The van der Waals surface area contributed by atoms with Crippen LogP contribution in [-0.4, -0.2) is 11.6 Å². The molecule has 0 amide bonds. The zero-order valence-electron chi connectivity index (χ0n) is 14.7. The lowest BCUT2D eigenvalue weighted by molar-refractivity contribution is 0.190. The molecule has 0 unspecified atom stereocenters. The number of hydrogen-bond donors (Lipinski definition) is 2. The van der Waals surface area contributed by atoms with E-state index < -0.39 is 0 Å². The van der Waals surface area contributed by atoms with E-state index >= 15 is 0 Å². The highest BCUT2D eigenvalue weighted by molar-refractivity contribution is 6.00. The van der Waals surface area contributed by atoms with Crippen LogP contribution in [0, 0.1) is 0 Å². The molecule has 0 radical (unpaired) electrons. The van der Waals surface area contributed by atoms with E-state index in [-0.39, 0.29) is 12.4 Å². The van der Waals surface area contributed by atoms with Gasteiger partial charge in [0.15, 0.2) is 0 Å². The molecule has 0 saturated carbocycles. The lowest BCUT2D eigenvalue weighted by atomic mass is 10.1. The number of unbranched alkanes of at least 4 members (excludes halogenated alkanes) is 1. The molecule has 26 heavy (non-hydrogen) atoms. The summed E-state index contributed by atoms with van der Waals surface area (Å²) in [5.41, 5.74) is 7.92. The second-order valence-corrected chi connectivity index (χ2v) is 6.18. The molecule has 5 heteroatoms. The van der Waals surface area contributed by atoms with Crippen molar-refractivity contribution in [1.29, 1.82) is 0 Å². The molecule has 2 aromatic carbocycles. The molecule has 4 rings (SSSR count). The molecule has 0 atom stereocenters. The molecule has 4 nitrogen and oxygen atoms in total. The van der Waals surface area contributed by atoms with E-state index in [0.717, 1.165) is 57.0 Å². The number of anilines is 1. The summed E-state index contributed by atoms with van der Waals surface area (Å²) in [5, 5.41) is 3.15. The fourth-order valence-electron chi connectivity index (χ4n) is 3.19. The predicted octanol–water partition coefficient (Wildman–Crippen LogP) is 4.08. The number of rotatable bonds is 6. The minimum Gasteiger partial charge on any atom is -0.353 e. The highest BCUT2D eigenvalue weighted by atomic mass is 35.5. The first-order valence-corrected chi connectivity index (χ1v) is 8.66. The molecule has 0 spiro atoms. The number of benzene rings is 2. The standard InChI is InChI=1S/C21H21N3O.ClH/c1-3-4-13-25-24-20-16-10-6-8-12-18(16)23-21(20)19-14(2)22-17-11-7-5-9-15(17)19;/h5-12,23-24H,2-4,13H2,1H3;1H. The molecule has 2 N–H and O–H groups in total. The van der Waals surface area contributed by atoms with Crippen LogP contribution >= 0.6 is 12.4 Å². The van der Waals surface area contributed by atoms with Crippen LogP contribution in [0.2, 0.25) is 0 Å². The van der Waals surface area contributed by atoms with Gasteiger partial charge in [-0.15, -0.1) is 12.4 Å². The largest absolute Gasteiger partial charge is 0.353 e. The maximum absolute atomic E-state index is 5.71. The number of fused-ring (bicyclic) bond motifs is 2. The van der Waals surface area contributed by atoms with Gasteiger partial charge in [-0.3, -0.25) is 10.3 Å². The molecule has 0 saturated heterocycles. The molecule has 2 heterocycles. The fraction of sp³-hybridized carbons (Fsp3) is 0.190. The van der Waals surface area contributed by atoms with Crippen molar-refractivity contribution in [3.05, 3.63) is 77.1 Å². The third-order valence-corrected chi connectivity index (χ3v) is 4.45. The minimum atomic E-state index is 0. The third kappa shape index (κ3) is 3.14. The number of hydrogen-bond acceptors (Lipinski definition) is 3. The zero-order chi connectivity index (χ0) is 17.2. The van der Waals surface area contributed by atoms with E-state index in [9.17, 15) is 0 Å². The second kappa shape index (κ2) is 7.77. The van der Waals surface area contributed by atoms with E-state index in [2.05, 4.69) is 47.2 Å². The molecule has 1 aromatic heterocycles. The van der Waals surface area contributed by atoms with Crippen molar-refractivity contribution < 1.29 is 4.84 Å². The number of allylic oxidation sites excluding steroid dienone is 1. The first-order chi connectivity index (χ1) is 12.3.